The minimum absolute atomic E-state index is 0.0301. The molecule has 286 valence electrons. The number of hydrogen-bond acceptors (Lipinski definition) is 10. The highest BCUT2D eigenvalue weighted by Gasteiger charge is 2.45. The molecule has 53 heavy (non-hydrogen) atoms. The summed E-state index contributed by atoms with van der Waals surface area (Å²) in [5.74, 6) is -5.47. The first kappa shape index (κ1) is 39.2. The lowest BCUT2D eigenvalue weighted by Gasteiger charge is -2.36. The predicted octanol–water partition coefficient (Wildman–Crippen LogP) is 6.13. The molecule has 2 aromatic heterocycles. The number of hydrogen-bond donors (Lipinski definition) is 5. The van der Waals surface area contributed by atoms with Gasteiger partial charge in [-0.25, -0.2) is 14.0 Å². The Hall–Kier alpha value is -5.04. The zero-order valence-electron chi connectivity index (χ0n) is 28.1. The lowest BCUT2D eigenvalue weighted by atomic mass is 9.87. The van der Waals surface area contributed by atoms with E-state index < -0.39 is 30.1 Å². The van der Waals surface area contributed by atoms with Gasteiger partial charge in [0.2, 0.25) is 0 Å². The van der Waals surface area contributed by atoms with Crippen molar-refractivity contribution in [3.05, 3.63) is 48.4 Å². The number of phenols is 1. The summed E-state index contributed by atoms with van der Waals surface area (Å²) in [5.41, 5.74) is 0.849. The van der Waals surface area contributed by atoms with Crippen molar-refractivity contribution in [3.63, 3.8) is 0 Å². The molecule has 4 aromatic rings. The van der Waals surface area contributed by atoms with Gasteiger partial charge in [-0.1, -0.05) is 24.3 Å². The van der Waals surface area contributed by atoms with E-state index >= 15 is 4.39 Å². The number of benzene rings is 2. The molecular weight excluding hydrogens is 721 g/mol. The highest BCUT2D eigenvalue weighted by molar-refractivity contribution is 5.99. The summed E-state index contributed by atoms with van der Waals surface area (Å²) in [7, 11) is 1.97. The van der Waals surface area contributed by atoms with E-state index in [1.165, 1.54) is 12.8 Å². The lowest BCUT2D eigenvalue weighted by molar-refractivity contribution is -0.193. The number of alkyl halides is 6. The first-order valence-electron chi connectivity index (χ1n) is 16.4. The Balaban J connectivity index is 0.000000330. The van der Waals surface area contributed by atoms with E-state index in [9.17, 15) is 31.4 Å². The molecule has 2 saturated heterocycles. The average Bonchev–Trinajstić information content (AvgIpc) is 3.66. The van der Waals surface area contributed by atoms with Crippen LogP contribution in [-0.4, -0.2) is 104 Å². The van der Waals surface area contributed by atoms with Crippen LogP contribution >= 0.6 is 0 Å². The van der Waals surface area contributed by atoms with Crippen LogP contribution in [0.5, 0.6) is 11.8 Å². The van der Waals surface area contributed by atoms with Gasteiger partial charge in [-0.2, -0.15) is 36.3 Å². The van der Waals surface area contributed by atoms with Gasteiger partial charge in [-0.3, -0.25) is 9.88 Å². The molecule has 19 heteroatoms. The summed E-state index contributed by atoms with van der Waals surface area (Å²) in [6.07, 6.45) is -2.08. The van der Waals surface area contributed by atoms with E-state index in [4.69, 9.17) is 29.5 Å². The normalized spacial score (nSPS) is 19.3. The molecule has 0 spiro atoms. The molecule has 12 nitrogen and oxygen atoms in total. The van der Waals surface area contributed by atoms with Crippen LogP contribution in [0.4, 0.5) is 36.6 Å². The van der Waals surface area contributed by atoms with Crippen molar-refractivity contribution in [2.24, 2.45) is 0 Å². The maximum atomic E-state index is 16.3. The van der Waals surface area contributed by atoms with Crippen LogP contribution in [-0.2, 0) is 9.59 Å². The number of aromatic nitrogens is 3. The molecular formula is C34H35F7N6O6. The van der Waals surface area contributed by atoms with Crippen LogP contribution in [0.1, 0.15) is 38.5 Å². The molecule has 0 unspecified atom stereocenters. The van der Waals surface area contributed by atoms with Gasteiger partial charge in [0, 0.05) is 23.8 Å². The monoisotopic (exact) mass is 756 g/mol. The van der Waals surface area contributed by atoms with Crippen molar-refractivity contribution in [2.75, 3.05) is 32.1 Å². The van der Waals surface area contributed by atoms with Crippen molar-refractivity contribution in [2.45, 2.75) is 68.5 Å². The maximum Gasteiger partial charge on any atom is 0.490 e. The zero-order valence-corrected chi connectivity index (χ0v) is 28.1. The average molecular weight is 757 g/mol. The third-order valence-corrected chi connectivity index (χ3v) is 9.42. The summed E-state index contributed by atoms with van der Waals surface area (Å²) >= 11 is 0. The molecule has 2 aliphatic heterocycles. The Labute approximate surface area is 297 Å². The van der Waals surface area contributed by atoms with Crippen LogP contribution in [0, 0.1) is 5.82 Å². The van der Waals surface area contributed by atoms with Gasteiger partial charge in [0.25, 0.3) is 0 Å². The summed E-state index contributed by atoms with van der Waals surface area (Å²) < 4.78 is 86.1. The number of nitrogens with zero attached hydrogens (tertiary/aromatic N) is 4. The van der Waals surface area contributed by atoms with Crippen LogP contribution in [0.25, 0.3) is 32.9 Å². The Morgan fingerprint density at radius 3 is 2.13 bits per heavy atom. The topological polar surface area (TPSA) is 170 Å². The summed E-state index contributed by atoms with van der Waals surface area (Å²) in [6, 6.07) is 11.7. The molecule has 1 saturated carbocycles. The Morgan fingerprint density at radius 2 is 1.55 bits per heavy atom. The molecule has 5 N–H and O–H groups in total. The van der Waals surface area contributed by atoms with Gasteiger partial charge in [-0.15, -0.1) is 0 Å². The van der Waals surface area contributed by atoms with Gasteiger partial charge in [0.1, 0.15) is 29.4 Å². The number of anilines is 1. The van der Waals surface area contributed by atoms with Crippen LogP contribution in [0.2, 0.25) is 0 Å². The van der Waals surface area contributed by atoms with E-state index in [0.29, 0.717) is 29.4 Å². The number of ether oxygens (including phenoxy) is 1. The number of phenolic OH excluding ortho intramolecular Hbond substituents is 1. The van der Waals surface area contributed by atoms with Crippen molar-refractivity contribution in [3.8, 4) is 23.0 Å². The fourth-order valence-electron chi connectivity index (χ4n) is 6.71. The fourth-order valence-corrected chi connectivity index (χ4v) is 6.71. The van der Waals surface area contributed by atoms with Crippen molar-refractivity contribution in [1.29, 1.82) is 0 Å². The van der Waals surface area contributed by atoms with Crippen LogP contribution < -0.4 is 15.4 Å². The number of nitrogens with one attached hydrogen (secondary N) is 2. The van der Waals surface area contributed by atoms with Crippen LogP contribution in [0.15, 0.2) is 42.6 Å². The Kier molecular flexibility index (Phi) is 11.5. The maximum absolute atomic E-state index is 16.3. The quantitative estimate of drug-likeness (QED) is 0.137. The van der Waals surface area contributed by atoms with E-state index in [1.54, 1.807) is 18.3 Å². The second kappa shape index (κ2) is 15.5. The number of carboxylic acid groups (broad SMARTS) is 2. The molecule has 4 heterocycles. The number of aliphatic carboxylic acids is 2. The van der Waals surface area contributed by atoms with Crippen molar-refractivity contribution < 1.29 is 60.4 Å². The Bertz CT molecular complexity index is 1940. The minimum Gasteiger partial charge on any atom is -0.508 e. The predicted molar refractivity (Wildman–Crippen MR) is 177 cm³/mol. The van der Waals surface area contributed by atoms with Crippen molar-refractivity contribution >= 4 is 39.4 Å². The second-order valence-electron chi connectivity index (χ2n) is 12.9. The van der Waals surface area contributed by atoms with E-state index in [1.807, 2.05) is 31.3 Å². The molecule has 2 aromatic carbocycles. The number of rotatable bonds is 7. The van der Waals surface area contributed by atoms with Gasteiger partial charge in [0.15, 0.2) is 5.82 Å². The SMILES string of the molecule is CNC1CC(Nc2nc(OCC34CCCN3CCC4)nc3c(F)c(-c4cc(O)cc5ccccc45)ncc23)C1.O=C(O)C(F)(F)F.O=C(O)C(F)(F)F. The molecule has 0 bridgehead atoms. The second-order valence-corrected chi connectivity index (χ2v) is 12.9. The van der Waals surface area contributed by atoms with Gasteiger partial charge >= 0.3 is 30.3 Å². The molecule has 3 aliphatic rings. The summed E-state index contributed by atoms with van der Waals surface area (Å²) in [4.78, 5) is 34.2. The number of pyridine rings is 1. The summed E-state index contributed by atoms with van der Waals surface area (Å²) in [5, 5.41) is 33.5. The zero-order chi connectivity index (χ0) is 38.7. The third-order valence-electron chi connectivity index (χ3n) is 9.42. The van der Waals surface area contributed by atoms with Gasteiger partial charge < -0.3 is 30.7 Å². The lowest BCUT2D eigenvalue weighted by Crippen LogP contribution is -2.46. The Morgan fingerprint density at radius 1 is 0.943 bits per heavy atom. The highest BCUT2D eigenvalue weighted by Crippen LogP contribution is 2.40. The molecule has 0 radical (unpaired) electrons. The molecule has 1 aliphatic carbocycles. The van der Waals surface area contributed by atoms with E-state index in [-0.39, 0.29) is 34.6 Å². The number of halogens is 7. The standard InChI is InChI=1S/C30H33FN6O2.2C2HF3O2/c1-32-19-13-20(14-19)34-28-24-16-33-26(23-15-21(38)12-18-6-2-3-7-22(18)23)25(31)27(24)35-29(36-28)39-17-30-8-4-10-37(30)11-5-9-30;2*3-2(4,5)1(6)7/h2-3,6-7,12,15-16,19-20,32,38H,4-5,8-11,13-14,17H2,1H3,(H,34,35,36);2*(H,6,7). The summed E-state index contributed by atoms with van der Waals surface area (Å²) in [6.45, 7) is 2.70. The van der Waals surface area contributed by atoms with E-state index in [0.717, 1.165) is 49.5 Å². The van der Waals surface area contributed by atoms with Crippen molar-refractivity contribution in [1.82, 2.24) is 25.2 Å². The first-order chi connectivity index (χ1) is 24.9. The number of aromatic hydroxyl groups is 1. The molecule has 0 atom stereocenters. The number of carboxylic acids is 2. The molecule has 0 amide bonds. The van der Waals surface area contributed by atoms with E-state index in [2.05, 4.69) is 25.5 Å². The largest absolute Gasteiger partial charge is 0.508 e. The number of carbonyl (C=O) groups is 2. The van der Waals surface area contributed by atoms with Gasteiger partial charge in [0.05, 0.1) is 10.9 Å². The van der Waals surface area contributed by atoms with Gasteiger partial charge in [-0.05, 0) is 81.6 Å². The van der Waals surface area contributed by atoms with Crippen LogP contribution in [0.3, 0.4) is 0 Å². The molecule has 3 fully saturated rings. The minimum atomic E-state index is -5.08. The third kappa shape index (κ3) is 8.95. The fraction of sp³-hybridized carbons (Fsp3) is 0.441. The smallest absolute Gasteiger partial charge is 0.490 e. The first-order valence-corrected chi connectivity index (χ1v) is 16.4. The highest BCUT2D eigenvalue weighted by atomic mass is 19.4. The molecule has 7 rings (SSSR count). The number of fused-ring (bicyclic) bond motifs is 3.